The van der Waals surface area contributed by atoms with Gasteiger partial charge in [-0.15, -0.1) is 0 Å². The first-order valence-electron chi connectivity index (χ1n) is 8.98. The summed E-state index contributed by atoms with van der Waals surface area (Å²) in [6.07, 6.45) is 1.61. The third-order valence-corrected chi connectivity index (χ3v) is 5.83. The number of ether oxygens (including phenoxy) is 1. The van der Waals surface area contributed by atoms with Crippen molar-refractivity contribution in [3.05, 3.63) is 57.3 Å². The number of halogens is 2. The fourth-order valence-electron chi connectivity index (χ4n) is 3.26. The molecule has 1 amide bonds. The van der Waals surface area contributed by atoms with Crippen molar-refractivity contribution in [3.8, 4) is 0 Å². The molecule has 2 aromatic rings. The molecular weight excluding hydrogens is 387 g/mol. The van der Waals surface area contributed by atoms with Crippen LogP contribution in [0.1, 0.15) is 41.0 Å². The Balaban J connectivity index is 1.46. The van der Waals surface area contributed by atoms with Gasteiger partial charge >= 0.3 is 6.09 Å². The normalized spacial score (nSPS) is 15.0. The van der Waals surface area contributed by atoms with Gasteiger partial charge in [-0.3, -0.25) is 4.79 Å². The molecule has 27 heavy (non-hydrogen) atoms. The number of likely N-dealkylation sites (tertiary alicyclic amines) is 1. The molecule has 0 bridgehead atoms. The minimum absolute atomic E-state index is 0.0416. The molecule has 1 aliphatic heterocycles. The van der Waals surface area contributed by atoms with Crippen molar-refractivity contribution in [2.45, 2.75) is 32.8 Å². The van der Waals surface area contributed by atoms with E-state index in [0.717, 1.165) is 18.4 Å². The molecule has 1 fully saturated rings. The second-order valence-corrected chi connectivity index (χ2v) is 7.61. The van der Waals surface area contributed by atoms with Crippen LogP contribution in [0.15, 0.2) is 30.3 Å². The maximum absolute atomic E-state index is 12.5. The summed E-state index contributed by atoms with van der Waals surface area (Å²) in [4.78, 5) is 29.4. The first-order chi connectivity index (χ1) is 13.0. The zero-order chi connectivity index (χ0) is 19.4. The Morgan fingerprint density at radius 1 is 1.15 bits per heavy atom. The van der Waals surface area contributed by atoms with Crippen molar-refractivity contribution in [1.82, 2.24) is 9.88 Å². The highest BCUT2D eigenvalue weighted by Gasteiger charge is 2.27. The molecule has 0 atom stereocenters. The molecule has 1 aromatic heterocycles. The van der Waals surface area contributed by atoms with Crippen LogP contribution in [0, 0.1) is 12.8 Å². The Hall–Kier alpha value is -1.98. The van der Waals surface area contributed by atoms with E-state index in [1.54, 1.807) is 11.8 Å². The summed E-state index contributed by atoms with van der Waals surface area (Å²) in [5.74, 6) is 0.175. The number of H-pyrrole nitrogens is 1. The zero-order valence-electron chi connectivity index (χ0n) is 15.1. The molecule has 0 spiro atoms. The number of carbonyl (C=O) groups excluding carboxylic acids is 2. The smallest absolute Gasteiger partial charge is 0.410 e. The quantitative estimate of drug-likeness (QED) is 0.686. The van der Waals surface area contributed by atoms with Gasteiger partial charge in [0.15, 0.2) is 5.78 Å². The molecule has 144 valence electrons. The van der Waals surface area contributed by atoms with Crippen LogP contribution in [-0.4, -0.2) is 34.8 Å². The van der Waals surface area contributed by atoms with Crippen molar-refractivity contribution in [2.75, 3.05) is 13.1 Å². The van der Waals surface area contributed by atoms with Gasteiger partial charge in [0.05, 0.1) is 10.0 Å². The fourth-order valence-corrected chi connectivity index (χ4v) is 3.69. The highest BCUT2D eigenvalue weighted by atomic mass is 35.5. The minimum atomic E-state index is -0.307. The van der Waals surface area contributed by atoms with Gasteiger partial charge in [-0.05, 0) is 31.2 Å². The monoisotopic (exact) mass is 408 g/mol. The van der Waals surface area contributed by atoms with Crippen molar-refractivity contribution in [1.29, 1.82) is 0 Å². The van der Waals surface area contributed by atoms with Crippen LogP contribution in [0.5, 0.6) is 0 Å². The molecular formula is C20H22Cl2N2O3. The number of ketones is 1. The van der Waals surface area contributed by atoms with Gasteiger partial charge in [-0.25, -0.2) is 4.79 Å². The maximum Gasteiger partial charge on any atom is 0.410 e. The second-order valence-electron chi connectivity index (χ2n) is 6.85. The lowest BCUT2D eigenvalue weighted by Crippen LogP contribution is -2.39. The van der Waals surface area contributed by atoms with E-state index in [9.17, 15) is 9.59 Å². The Morgan fingerprint density at radius 2 is 1.81 bits per heavy atom. The number of nitrogens with zero attached hydrogens (tertiary/aromatic N) is 1. The van der Waals surface area contributed by atoms with Crippen molar-refractivity contribution in [3.63, 3.8) is 0 Å². The first kappa shape index (κ1) is 19.8. The molecule has 5 nitrogen and oxygen atoms in total. The molecule has 0 unspecified atom stereocenters. The van der Waals surface area contributed by atoms with E-state index in [-0.39, 0.29) is 24.4 Å². The number of nitrogens with one attached hydrogen (secondary N) is 1. The summed E-state index contributed by atoms with van der Waals surface area (Å²) >= 11 is 12.2. The Kier molecular flexibility index (Phi) is 6.45. The summed E-state index contributed by atoms with van der Waals surface area (Å²) in [6, 6.07) is 9.59. The number of Topliss-reactive ketones (excluding diaryl/α,β-unsaturated/α-hetero) is 1. The van der Waals surface area contributed by atoms with Crippen LogP contribution in [0.4, 0.5) is 4.79 Å². The van der Waals surface area contributed by atoms with E-state index in [4.69, 9.17) is 27.9 Å². The van der Waals surface area contributed by atoms with Crippen molar-refractivity contribution < 1.29 is 14.3 Å². The number of hydrogen-bond donors (Lipinski definition) is 1. The third kappa shape index (κ3) is 4.85. The van der Waals surface area contributed by atoms with Gasteiger partial charge in [0.25, 0.3) is 0 Å². The number of amides is 1. The number of aromatic amines is 1. The van der Waals surface area contributed by atoms with Crippen molar-refractivity contribution in [2.24, 2.45) is 5.92 Å². The molecule has 7 heteroatoms. The average molecular weight is 409 g/mol. The standard InChI is InChI=1S/C20H22Cl2N2O3/c1-13-17(21)18(22)19(23-13)16(25)11-14-7-9-24(10-8-14)20(26)27-12-15-5-3-2-4-6-15/h2-6,14,23H,7-12H2,1H3. The number of rotatable bonds is 5. The summed E-state index contributed by atoms with van der Waals surface area (Å²) < 4.78 is 5.37. The van der Waals surface area contributed by atoms with E-state index in [1.165, 1.54) is 0 Å². The molecule has 1 N–H and O–H groups in total. The van der Waals surface area contributed by atoms with Gasteiger partial charge in [0.1, 0.15) is 12.3 Å². The van der Waals surface area contributed by atoms with Crippen LogP contribution in [-0.2, 0) is 11.3 Å². The molecule has 3 rings (SSSR count). The van der Waals surface area contributed by atoms with Gasteiger partial charge in [-0.2, -0.15) is 0 Å². The fraction of sp³-hybridized carbons (Fsp3) is 0.400. The Bertz CT molecular complexity index is 812. The zero-order valence-corrected chi connectivity index (χ0v) is 16.6. The predicted molar refractivity (Wildman–Crippen MR) is 105 cm³/mol. The van der Waals surface area contributed by atoms with Gasteiger partial charge in [-0.1, -0.05) is 53.5 Å². The maximum atomic E-state index is 12.5. The minimum Gasteiger partial charge on any atom is -0.445 e. The lowest BCUT2D eigenvalue weighted by Gasteiger charge is -2.31. The SMILES string of the molecule is Cc1[nH]c(C(=O)CC2CCN(C(=O)OCc3ccccc3)CC2)c(Cl)c1Cl. The van der Waals surface area contributed by atoms with E-state index in [2.05, 4.69) is 4.98 Å². The average Bonchev–Trinajstić information content (AvgIpc) is 2.95. The lowest BCUT2D eigenvalue weighted by molar-refractivity contribution is 0.0782. The molecule has 1 saturated heterocycles. The number of aryl methyl sites for hydroxylation is 1. The molecule has 0 radical (unpaired) electrons. The number of piperidine rings is 1. The van der Waals surface area contributed by atoms with Crippen LogP contribution < -0.4 is 0 Å². The summed E-state index contributed by atoms with van der Waals surface area (Å²) in [6.45, 7) is 3.22. The number of hydrogen-bond acceptors (Lipinski definition) is 3. The molecule has 1 aromatic carbocycles. The molecule has 0 saturated carbocycles. The largest absolute Gasteiger partial charge is 0.445 e. The van der Waals surface area contributed by atoms with Gasteiger partial charge in [0.2, 0.25) is 0 Å². The third-order valence-electron chi connectivity index (χ3n) is 4.88. The molecule has 0 aliphatic carbocycles. The highest BCUT2D eigenvalue weighted by Crippen LogP contribution is 2.31. The Morgan fingerprint density at radius 3 is 2.41 bits per heavy atom. The van der Waals surface area contributed by atoms with Gasteiger partial charge < -0.3 is 14.6 Å². The number of benzene rings is 1. The number of carbonyl (C=O) groups is 2. The topological polar surface area (TPSA) is 62.4 Å². The number of aromatic nitrogens is 1. The summed E-state index contributed by atoms with van der Waals surface area (Å²) in [7, 11) is 0. The summed E-state index contributed by atoms with van der Waals surface area (Å²) in [5, 5.41) is 0.692. The Labute approximate surface area is 168 Å². The van der Waals surface area contributed by atoms with Gasteiger partial charge in [0, 0.05) is 25.2 Å². The molecule has 1 aliphatic rings. The van der Waals surface area contributed by atoms with Crippen LogP contribution >= 0.6 is 23.2 Å². The van der Waals surface area contributed by atoms with E-state index in [0.29, 0.717) is 40.9 Å². The first-order valence-corrected chi connectivity index (χ1v) is 9.73. The highest BCUT2D eigenvalue weighted by molar-refractivity contribution is 6.44. The van der Waals surface area contributed by atoms with Crippen LogP contribution in [0.2, 0.25) is 10.0 Å². The predicted octanol–water partition coefficient (Wildman–Crippen LogP) is 5.25. The second kappa shape index (κ2) is 8.81. The lowest BCUT2D eigenvalue weighted by atomic mass is 9.91. The van der Waals surface area contributed by atoms with Crippen molar-refractivity contribution >= 4 is 35.1 Å². The van der Waals surface area contributed by atoms with E-state index >= 15 is 0 Å². The van der Waals surface area contributed by atoms with E-state index in [1.807, 2.05) is 30.3 Å². The van der Waals surface area contributed by atoms with E-state index < -0.39 is 0 Å². The summed E-state index contributed by atoms with van der Waals surface area (Å²) in [5.41, 5.74) is 2.04. The molecule has 2 heterocycles. The van der Waals surface area contributed by atoms with Crippen LogP contribution in [0.25, 0.3) is 0 Å². The van der Waals surface area contributed by atoms with Crippen LogP contribution in [0.3, 0.4) is 0 Å².